The summed E-state index contributed by atoms with van der Waals surface area (Å²) in [7, 11) is 1.54. The quantitative estimate of drug-likeness (QED) is 0.476. The molecule has 3 aromatic rings. The van der Waals surface area contributed by atoms with Crippen LogP contribution in [0.2, 0.25) is 5.02 Å². The van der Waals surface area contributed by atoms with Gasteiger partial charge >= 0.3 is 0 Å². The summed E-state index contributed by atoms with van der Waals surface area (Å²) in [6.07, 6.45) is 8.64. The molecule has 0 unspecified atom stereocenters. The molecule has 0 bridgehead atoms. The van der Waals surface area contributed by atoms with Gasteiger partial charge in [-0.25, -0.2) is 9.97 Å². The number of ketones is 1. The van der Waals surface area contributed by atoms with Gasteiger partial charge in [0, 0.05) is 30.6 Å². The molecule has 0 aliphatic carbocycles. The van der Waals surface area contributed by atoms with Crippen molar-refractivity contribution in [1.29, 1.82) is 0 Å². The van der Waals surface area contributed by atoms with Gasteiger partial charge in [-0.2, -0.15) is 5.10 Å². The van der Waals surface area contributed by atoms with Gasteiger partial charge in [-0.3, -0.25) is 9.48 Å². The number of aliphatic hydroxyl groups is 1. The van der Waals surface area contributed by atoms with E-state index in [9.17, 15) is 4.79 Å². The van der Waals surface area contributed by atoms with E-state index in [0.29, 0.717) is 48.1 Å². The number of carbonyl (C=O) groups is 1. The lowest BCUT2D eigenvalue weighted by Crippen LogP contribution is -2.03. The third kappa shape index (κ3) is 5.34. The zero-order valence-corrected chi connectivity index (χ0v) is 17.7. The number of halogens is 1. The van der Waals surface area contributed by atoms with Crippen LogP contribution in [0.1, 0.15) is 34.8 Å². The second kappa shape index (κ2) is 10.2. The third-order valence-corrected chi connectivity index (χ3v) is 5.01. The molecule has 0 saturated heterocycles. The van der Waals surface area contributed by atoms with Crippen LogP contribution in [0, 0.1) is 0 Å². The maximum absolute atomic E-state index is 12.1. The number of aliphatic hydroxyl groups excluding tert-OH is 1. The van der Waals surface area contributed by atoms with Crippen LogP contribution in [0.25, 0.3) is 0 Å². The van der Waals surface area contributed by atoms with Gasteiger partial charge in [0.15, 0.2) is 5.78 Å². The average molecular weight is 430 g/mol. The Morgan fingerprint density at radius 2 is 2.00 bits per heavy atom. The number of nitrogens with zero attached hydrogens (tertiary/aromatic N) is 4. The largest absolute Gasteiger partial charge is 0.495 e. The Labute approximate surface area is 179 Å². The molecule has 0 radical (unpaired) electrons. The number of anilines is 2. The Morgan fingerprint density at radius 3 is 2.67 bits per heavy atom. The number of methoxy groups -OCH3 is 1. The van der Waals surface area contributed by atoms with Crippen LogP contribution >= 0.6 is 11.6 Å². The maximum Gasteiger partial charge on any atom is 0.227 e. The topological polar surface area (TPSA) is 102 Å². The van der Waals surface area contributed by atoms with Gasteiger partial charge in [0.1, 0.15) is 5.75 Å². The van der Waals surface area contributed by atoms with Crippen LogP contribution in [0.4, 0.5) is 11.6 Å². The van der Waals surface area contributed by atoms with Crippen molar-refractivity contribution in [2.75, 3.05) is 19.0 Å². The number of ether oxygens (including phenoxy) is 1. The van der Waals surface area contributed by atoms with Gasteiger partial charge in [-0.15, -0.1) is 0 Å². The number of nitrogens with one attached hydrogen (secondary N) is 1. The predicted molar refractivity (Wildman–Crippen MR) is 115 cm³/mol. The molecule has 2 N–H and O–H groups in total. The van der Waals surface area contributed by atoms with Crippen LogP contribution in [0.15, 0.2) is 36.9 Å². The minimum absolute atomic E-state index is 0.0255. The number of hydrogen-bond donors (Lipinski definition) is 2. The SMILES string of the molecule is CCC(=O)c1cc(CCc2cnc(Nc3cnn(CCO)c3)nc2)c(Cl)c(OC)c1. The maximum atomic E-state index is 12.1. The normalized spacial score (nSPS) is 10.8. The van der Waals surface area contributed by atoms with Crippen molar-refractivity contribution < 1.29 is 14.6 Å². The van der Waals surface area contributed by atoms with E-state index >= 15 is 0 Å². The van der Waals surface area contributed by atoms with Crippen LogP contribution in [0.5, 0.6) is 5.75 Å². The van der Waals surface area contributed by atoms with Gasteiger partial charge in [-0.05, 0) is 36.1 Å². The van der Waals surface area contributed by atoms with Crippen molar-refractivity contribution >= 4 is 29.0 Å². The van der Waals surface area contributed by atoms with Gasteiger partial charge in [0.25, 0.3) is 0 Å². The van der Waals surface area contributed by atoms with Crippen molar-refractivity contribution in [2.45, 2.75) is 32.7 Å². The van der Waals surface area contributed by atoms with E-state index < -0.39 is 0 Å². The van der Waals surface area contributed by atoms with Crippen molar-refractivity contribution in [2.24, 2.45) is 0 Å². The molecule has 3 rings (SSSR count). The van der Waals surface area contributed by atoms with Gasteiger partial charge < -0.3 is 15.2 Å². The lowest BCUT2D eigenvalue weighted by atomic mass is 10.0. The molecule has 1 aromatic carbocycles. The van der Waals surface area contributed by atoms with Gasteiger partial charge in [0.2, 0.25) is 5.95 Å². The third-order valence-electron chi connectivity index (χ3n) is 4.58. The second-order valence-corrected chi connectivity index (χ2v) is 7.06. The van der Waals surface area contributed by atoms with E-state index in [0.717, 1.165) is 16.8 Å². The number of aromatic nitrogens is 4. The minimum atomic E-state index is 0.0255. The molecule has 2 heterocycles. The number of Topliss-reactive ketones (excluding diaryl/α,β-unsaturated/α-hetero) is 1. The highest BCUT2D eigenvalue weighted by Crippen LogP contribution is 2.31. The lowest BCUT2D eigenvalue weighted by Gasteiger charge is -2.12. The number of rotatable bonds is 10. The molecule has 0 amide bonds. The molecule has 0 spiro atoms. The summed E-state index contributed by atoms with van der Waals surface area (Å²) in [5.74, 6) is 1.01. The lowest BCUT2D eigenvalue weighted by molar-refractivity contribution is 0.0987. The molecule has 158 valence electrons. The molecule has 2 aromatic heterocycles. The van der Waals surface area contributed by atoms with Crippen LogP contribution in [0.3, 0.4) is 0 Å². The Hall–Kier alpha value is -2.97. The summed E-state index contributed by atoms with van der Waals surface area (Å²) in [6, 6.07) is 3.52. The van der Waals surface area contributed by atoms with Gasteiger partial charge in [-0.1, -0.05) is 18.5 Å². The first-order valence-electron chi connectivity index (χ1n) is 9.65. The van der Waals surface area contributed by atoms with Crippen molar-refractivity contribution in [3.63, 3.8) is 0 Å². The fraction of sp³-hybridized carbons (Fsp3) is 0.333. The van der Waals surface area contributed by atoms with E-state index in [4.69, 9.17) is 21.4 Å². The molecule has 30 heavy (non-hydrogen) atoms. The Balaban J connectivity index is 1.66. The molecular formula is C21H24ClN5O3. The van der Waals surface area contributed by atoms with E-state index in [1.165, 1.54) is 7.11 Å². The molecule has 0 saturated carbocycles. The van der Waals surface area contributed by atoms with E-state index in [1.54, 1.807) is 35.5 Å². The monoisotopic (exact) mass is 429 g/mol. The molecular weight excluding hydrogens is 406 g/mol. The first-order valence-corrected chi connectivity index (χ1v) is 10.0. The highest BCUT2D eigenvalue weighted by molar-refractivity contribution is 6.33. The number of carbonyl (C=O) groups excluding carboxylic acids is 1. The molecule has 0 aliphatic rings. The summed E-state index contributed by atoms with van der Waals surface area (Å²) in [4.78, 5) is 20.8. The first-order chi connectivity index (χ1) is 14.5. The van der Waals surface area contributed by atoms with Gasteiger partial charge in [0.05, 0.1) is 37.2 Å². The fourth-order valence-corrected chi connectivity index (χ4v) is 3.24. The van der Waals surface area contributed by atoms with E-state index in [1.807, 2.05) is 13.0 Å². The van der Waals surface area contributed by atoms with Crippen molar-refractivity contribution in [3.8, 4) is 5.75 Å². The molecule has 8 nitrogen and oxygen atoms in total. The summed E-state index contributed by atoms with van der Waals surface area (Å²) in [5.41, 5.74) is 3.14. The Kier molecular flexibility index (Phi) is 7.37. The summed E-state index contributed by atoms with van der Waals surface area (Å²) in [5, 5.41) is 16.7. The van der Waals surface area contributed by atoms with E-state index in [-0.39, 0.29) is 12.4 Å². The zero-order valence-electron chi connectivity index (χ0n) is 16.9. The fourth-order valence-electron chi connectivity index (χ4n) is 2.96. The van der Waals surface area contributed by atoms with E-state index in [2.05, 4.69) is 20.4 Å². The van der Waals surface area contributed by atoms with Crippen molar-refractivity contribution in [3.05, 3.63) is 58.6 Å². The highest BCUT2D eigenvalue weighted by Gasteiger charge is 2.14. The summed E-state index contributed by atoms with van der Waals surface area (Å²) >= 11 is 6.43. The molecule has 0 fully saturated rings. The zero-order chi connectivity index (χ0) is 21.5. The predicted octanol–water partition coefficient (Wildman–Crippen LogP) is 3.45. The number of benzene rings is 1. The molecule has 0 atom stereocenters. The summed E-state index contributed by atoms with van der Waals surface area (Å²) in [6.45, 7) is 2.28. The average Bonchev–Trinajstić information content (AvgIpc) is 3.20. The first kappa shape index (κ1) is 21.7. The van der Waals surface area contributed by atoms with Crippen LogP contribution < -0.4 is 10.1 Å². The summed E-state index contributed by atoms with van der Waals surface area (Å²) < 4.78 is 6.96. The smallest absolute Gasteiger partial charge is 0.227 e. The molecule has 9 heteroatoms. The van der Waals surface area contributed by atoms with Crippen LogP contribution in [-0.4, -0.2) is 44.4 Å². The number of aryl methyl sites for hydroxylation is 2. The second-order valence-electron chi connectivity index (χ2n) is 6.68. The highest BCUT2D eigenvalue weighted by atomic mass is 35.5. The standard InChI is InChI=1S/C21H24ClN5O3/c1-3-18(29)16-8-15(20(22)19(9-16)30-2)5-4-14-10-23-21(24-11-14)26-17-12-25-27(13-17)6-7-28/h8-13,28H,3-7H2,1-2H3,(H,23,24,26). The minimum Gasteiger partial charge on any atom is -0.495 e. The Bertz CT molecular complexity index is 1000. The Morgan fingerprint density at radius 1 is 1.23 bits per heavy atom. The van der Waals surface area contributed by atoms with Crippen LogP contribution in [-0.2, 0) is 19.4 Å². The van der Waals surface area contributed by atoms with Crippen molar-refractivity contribution in [1.82, 2.24) is 19.7 Å². The molecule has 0 aliphatic heterocycles. The number of hydrogen-bond acceptors (Lipinski definition) is 7.